The molecule has 0 aliphatic heterocycles. The highest BCUT2D eigenvalue weighted by molar-refractivity contribution is 6.31. The lowest BCUT2D eigenvalue weighted by atomic mass is 9.87. The Hall–Kier alpha value is -2.26. The predicted molar refractivity (Wildman–Crippen MR) is 95.5 cm³/mol. The SMILES string of the molecule is Cc1c(C(=O)N[C@H]2CCCc3ccccc32)oc2ccc(Cl)cc12. The highest BCUT2D eigenvalue weighted by Gasteiger charge is 2.25. The van der Waals surface area contributed by atoms with Gasteiger partial charge in [0.05, 0.1) is 6.04 Å². The first-order chi connectivity index (χ1) is 11.6. The monoisotopic (exact) mass is 339 g/mol. The first-order valence-corrected chi connectivity index (χ1v) is 8.58. The van der Waals surface area contributed by atoms with Crippen LogP contribution in [0, 0.1) is 6.92 Å². The van der Waals surface area contributed by atoms with Crippen molar-refractivity contribution < 1.29 is 9.21 Å². The predicted octanol–water partition coefficient (Wildman–Crippen LogP) is 5.20. The van der Waals surface area contributed by atoms with Crippen LogP contribution in [0.5, 0.6) is 0 Å². The fourth-order valence-electron chi connectivity index (χ4n) is 3.54. The van der Waals surface area contributed by atoms with Crippen molar-refractivity contribution in [2.75, 3.05) is 0 Å². The van der Waals surface area contributed by atoms with Gasteiger partial charge in [-0.05, 0) is 55.5 Å². The zero-order chi connectivity index (χ0) is 16.7. The lowest BCUT2D eigenvalue weighted by Crippen LogP contribution is -2.31. The number of fused-ring (bicyclic) bond motifs is 2. The van der Waals surface area contributed by atoms with E-state index in [1.807, 2.05) is 19.1 Å². The lowest BCUT2D eigenvalue weighted by molar-refractivity contribution is 0.0906. The number of rotatable bonds is 2. The van der Waals surface area contributed by atoms with Gasteiger partial charge in [0.15, 0.2) is 5.76 Å². The van der Waals surface area contributed by atoms with Crippen LogP contribution in [0.25, 0.3) is 11.0 Å². The smallest absolute Gasteiger partial charge is 0.287 e. The summed E-state index contributed by atoms with van der Waals surface area (Å²) in [5.41, 5.74) is 4.05. The zero-order valence-corrected chi connectivity index (χ0v) is 14.2. The number of amides is 1. The van der Waals surface area contributed by atoms with Crippen molar-refractivity contribution >= 4 is 28.5 Å². The van der Waals surface area contributed by atoms with Gasteiger partial charge in [0, 0.05) is 16.0 Å². The normalized spacial score (nSPS) is 16.8. The maximum Gasteiger partial charge on any atom is 0.287 e. The number of aryl methyl sites for hydroxylation is 2. The number of hydrogen-bond donors (Lipinski definition) is 1. The van der Waals surface area contributed by atoms with E-state index in [1.54, 1.807) is 12.1 Å². The lowest BCUT2D eigenvalue weighted by Gasteiger charge is -2.26. The molecular weight excluding hydrogens is 322 g/mol. The molecule has 1 amide bonds. The maximum absolute atomic E-state index is 12.8. The fourth-order valence-corrected chi connectivity index (χ4v) is 3.71. The second-order valence-electron chi connectivity index (χ2n) is 6.31. The van der Waals surface area contributed by atoms with E-state index in [2.05, 4.69) is 23.5 Å². The molecule has 2 aromatic carbocycles. The van der Waals surface area contributed by atoms with E-state index >= 15 is 0 Å². The van der Waals surface area contributed by atoms with E-state index in [4.69, 9.17) is 16.0 Å². The van der Waals surface area contributed by atoms with Crippen molar-refractivity contribution in [1.82, 2.24) is 5.32 Å². The third-order valence-electron chi connectivity index (χ3n) is 4.78. The van der Waals surface area contributed by atoms with Crippen LogP contribution in [-0.4, -0.2) is 5.91 Å². The quantitative estimate of drug-likeness (QED) is 0.697. The van der Waals surface area contributed by atoms with Crippen LogP contribution in [0.3, 0.4) is 0 Å². The van der Waals surface area contributed by atoms with E-state index in [-0.39, 0.29) is 11.9 Å². The largest absolute Gasteiger partial charge is 0.451 e. The summed E-state index contributed by atoms with van der Waals surface area (Å²) in [7, 11) is 0. The van der Waals surface area contributed by atoms with Crippen LogP contribution in [-0.2, 0) is 6.42 Å². The molecule has 0 saturated heterocycles. The molecule has 0 bridgehead atoms. The second-order valence-corrected chi connectivity index (χ2v) is 6.75. The molecule has 1 aliphatic rings. The van der Waals surface area contributed by atoms with Gasteiger partial charge in [-0.25, -0.2) is 0 Å². The number of nitrogens with one attached hydrogen (secondary N) is 1. The van der Waals surface area contributed by atoms with Gasteiger partial charge >= 0.3 is 0 Å². The van der Waals surface area contributed by atoms with Gasteiger partial charge in [-0.1, -0.05) is 35.9 Å². The van der Waals surface area contributed by atoms with Gasteiger partial charge in [0.2, 0.25) is 0 Å². The molecular formula is C20H18ClNO2. The van der Waals surface area contributed by atoms with Crippen LogP contribution >= 0.6 is 11.6 Å². The van der Waals surface area contributed by atoms with Crippen LogP contribution in [0.4, 0.5) is 0 Å². The topological polar surface area (TPSA) is 42.2 Å². The van der Waals surface area contributed by atoms with Crippen molar-refractivity contribution in [3.05, 3.63) is 69.9 Å². The summed E-state index contributed by atoms with van der Waals surface area (Å²) in [6, 6.07) is 13.8. The van der Waals surface area contributed by atoms with E-state index in [9.17, 15) is 4.79 Å². The minimum Gasteiger partial charge on any atom is -0.451 e. The third-order valence-corrected chi connectivity index (χ3v) is 5.01. The summed E-state index contributed by atoms with van der Waals surface area (Å²) in [6.07, 6.45) is 3.11. The van der Waals surface area contributed by atoms with Gasteiger partial charge in [-0.15, -0.1) is 0 Å². The molecule has 1 aromatic heterocycles. The van der Waals surface area contributed by atoms with E-state index in [0.29, 0.717) is 16.4 Å². The number of carbonyl (C=O) groups is 1. The molecule has 4 rings (SSSR count). The molecule has 1 N–H and O–H groups in total. The summed E-state index contributed by atoms with van der Waals surface area (Å²) in [6.45, 7) is 1.89. The van der Waals surface area contributed by atoms with Crippen LogP contribution in [0.2, 0.25) is 5.02 Å². The summed E-state index contributed by atoms with van der Waals surface area (Å²) in [5, 5.41) is 4.67. The van der Waals surface area contributed by atoms with E-state index < -0.39 is 0 Å². The molecule has 3 aromatic rings. The summed E-state index contributed by atoms with van der Waals surface area (Å²) in [4.78, 5) is 12.8. The van der Waals surface area contributed by atoms with Crippen LogP contribution < -0.4 is 5.32 Å². The molecule has 0 spiro atoms. The minimum atomic E-state index is -0.165. The summed E-state index contributed by atoms with van der Waals surface area (Å²) in [5.74, 6) is 0.205. The Morgan fingerprint density at radius 3 is 2.96 bits per heavy atom. The Kier molecular flexibility index (Phi) is 3.81. The zero-order valence-electron chi connectivity index (χ0n) is 13.4. The number of halogens is 1. The molecule has 0 saturated carbocycles. The number of hydrogen-bond acceptors (Lipinski definition) is 2. The van der Waals surface area contributed by atoms with Crippen molar-refractivity contribution in [3.63, 3.8) is 0 Å². The summed E-state index contributed by atoms with van der Waals surface area (Å²) >= 11 is 6.05. The van der Waals surface area contributed by atoms with E-state index in [1.165, 1.54) is 11.1 Å². The molecule has 3 nitrogen and oxygen atoms in total. The maximum atomic E-state index is 12.8. The van der Waals surface area contributed by atoms with Crippen molar-refractivity contribution in [1.29, 1.82) is 0 Å². The molecule has 24 heavy (non-hydrogen) atoms. The Morgan fingerprint density at radius 1 is 1.25 bits per heavy atom. The molecule has 122 valence electrons. The fraction of sp³-hybridized carbons (Fsp3) is 0.250. The highest BCUT2D eigenvalue weighted by Crippen LogP contribution is 2.31. The number of benzene rings is 2. The Labute approximate surface area is 145 Å². The molecule has 1 atom stereocenters. The van der Waals surface area contributed by atoms with E-state index in [0.717, 1.165) is 30.2 Å². The van der Waals surface area contributed by atoms with Gasteiger partial charge < -0.3 is 9.73 Å². The molecule has 0 fully saturated rings. The number of carbonyl (C=O) groups excluding carboxylic acids is 1. The summed E-state index contributed by atoms with van der Waals surface area (Å²) < 4.78 is 5.77. The standard InChI is InChI=1S/C20H18ClNO2/c1-12-16-11-14(21)9-10-18(16)24-19(12)20(23)22-17-8-4-6-13-5-2-3-7-15(13)17/h2-3,5,7,9-11,17H,4,6,8H2,1H3,(H,22,23)/t17-/m0/s1. The molecule has 0 radical (unpaired) electrons. The molecule has 1 heterocycles. The van der Waals surface area contributed by atoms with Crippen LogP contribution in [0.1, 0.15) is 46.1 Å². The first-order valence-electron chi connectivity index (χ1n) is 8.21. The highest BCUT2D eigenvalue weighted by atomic mass is 35.5. The van der Waals surface area contributed by atoms with Gasteiger partial charge in [-0.3, -0.25) is 4.79 Å². The van der Waals surface area contributed by atoms with Gasteiger partial charge in [0.25, 0.3) is 5.91 Å². The molecule has 4 heteroatoms. The minimum absolute atomic E-state index is 0.0404. The van der Waals surface area contributed by atoms with Gasteiger partial charge in [-0.2, -0.15) is 0 Å². The number of furan rings is 1. The molecule has 1 aliphatic carbocycles. The molecule has 0 unspecified atom stereocenters. The average molecular weight is 340 g/mol. The Balaban J connectivity index is 1.65. The average Bonchev–Trinajstić information content (AvgIpc) is 2.92. The van der Waals surface area contributed by atoms with Gasteiger partial charge in [0.1, 0.15) is 5.58 Å². The Morgan fingerprint density at radius 2 is 2.08 bits per heavy atom. The van der Waals surface area contributed by atoms with Crippen LogP contribution in [0.15, 0.2) is 46.9 Å². The van der Waals surface area contributed by atoms with Crippen molar-refractivity contribution in [2.24, 2.45) is 0 Å². The Bertz CT molecular complexity index is 929. The second kappa shape index (κ2) is 5.99. The van der Waals surface area contributed by atoms with Crippen molar-refractivity contribution in [2.45, 2.75) is 32.2 Å². The third kappa shape index (κ3) is 2.59. The first kappa shape index (κ1) is 15.3. The van der Waals surface area contributed by atoms with Crippen molar-refractivity contribution in [3.8, 4) is 0 Å².